The highest BCUT2D eigenvalue weighted by Gasteiger charge is 2.57. The maximum atomic E-state index is 13.0. The molecule has 5 heteroatoms. The zero-order chi connectivity index (χ0) is 16.8. The summed E-state index contributed by atoms with van der Waals surface area (Å²) >= 11 is 0. The van der Waals surface area contributed by atoms with Crippen LogP contribution in [0.1, 0.15) is 59.3 Å². The molecule has 0 radical (unpaired) electrons. The van der Waals surface area contributed by atoms with Crippen LogP contribution in [0.25, 0.3) is 0 Å². The Morgan fingerprint density at radius 3 is 2.26 bits per heavy atom. The van der Waals surface area contributed by atoms with Gasteiger partial charge in [-0.05, 0) is 38.5 Å². The maximum Gasteiger partial charge on any atom is 0.248 e. The van der Waals surface area contributed by atoms with Crippen molar-refractivity contribution in [3.05, 3.63) is 0 Å². The Morgan fingerprint density at radius 2 is 1.78 bits per heavy atom. The molecule has 3 atom stereocenters. The van der Waals surface area contributed by atoms with Crippen LogP contribution in [0.15, 0.2) is 0 Å². The lowest BCUT2D eigenvalue weighted by molar-refractivity contribution is -0.165. The van der Waals surface area contributed by atoms with Crippen LogP contribution in [0.4, 0.5) is 0 Å². The van der Waals surface area contributed by atoms with E-state index in [9.17, 15) is 14.7 Å². The monoisotopic (exact) mass is 322 g/mol. The molecule has 0 aromatic carbocycles. The molecule has 1 saturated heterocycles. The fraction of sp³-hybridized carbons (Fsp3) is 0.889. The molecule has 3 rings (SSSR count). The largest absolute Gasteiger partial charge is 0.391 e. The summed E-state index contributed by atoms with van der Waals surface area (Å²) in [6.07, 6.45) is 5.84. The molecule has 1 heterocycles. The quantitative estimate of drug-likeness (QED) is 0.809. The third-order valence-corrected chi connectivity index (χ3v) is 5.96. The first kappa shape index (κ1) is 16.7. The van der Waals surface area contributed by atoms with E-state index in [1.807, 2.05) is 4.90 Å². The highest BCUT2D eigenvalue weighted by Crippen LogP contribution is 2.53. The Kier molecular flexibility index (Phi) is 4.43. The predicted molar refractivity (Wildman–Crippen MR) is 87.6 cm³/mol. The van der Waals surface area contributed by atoms with Gasteiger partial charge >= 0.3 is 0 Å². The van der Waals surface area contributed by atoms with Crippen molar-refractivity contribution in [3.8, 4) is 0 Å². The first-order chi connectivity index (χ1) is 10.9. The average Bonchev–Trinajstić information content (AvgIpc) is 3.18. The second kappa shape index (κ2) is 6.08. The minimum absolute atomic E-state index is 0.0440. The first-order valence-corrected chi connectivity index (χ1v) is 9.15. The molecule has 130 valence electrons. The highest BCUT2D eigenvalue weighted by molar-refractivity contribution is 5.90. The standard InChI is InChI=1S/C18H30N2O3/c1-11(2)15-18(8-4-5-9-18)10-20(15)17(23)14(12(3)21)19-16(22)13-6-7-13/h11-15,21H,4-10H2,1-3H3,(H,19,22). The van der Waals surface area contributed by atoms with Crippen LogP contribution in [-0.2, 0) is 9.59 Å². The normalized spacial score (nSPS) is 28.6. The van der Waals surface area contributed by atoms with E-state index in [2.05, 4.69) is 19.2 Å². The lowest BCUT2D eigenvalue weighted by atomic mass is 9.65. The van der Waals surface area contributed by atoms with Crippen molar-refractivity contribution in [2.75, 3.05) is 6.54 Å². The summed E-state index contributed by atoms with van der Waals surface area (Å²) in [5.74, 6) is 0.258. The zero-order valence-electron chi connectivity index (χ0n) is 14.5. The van der Waals surface area contributed by atoms with Crippen LogP contribution < -0.4 is 5.32 Å². The van der Waals surface area contributed by atoms with E-state index in [1.165, 1.54) is 25.7 Å². The number of likely N-dealkylation sites (tertiary alicyclic amines) is 1. The molecule has 1 aliphatic heterocycles. The van der Waals surface area contributed by atoms with E-state index in [0.717, 1.165) is 19.4 Å². The highest BCUT2D eigenvalue weighted by atomic mass is 16.3. The van der Waals surface area contributed by atoms with Crippen LogP contribution >= 0.6 is 0 Å². The number of aliphatic hydroxyl groups excluding tert-OH is 1. The third kappa shape index (κ3) is 3.00. The average molecular weight is 322 g/mol. The number of nitrogens with one attached hydrogen (secondary N) is 1. The SMILES string of the molecule is CC(C)C1N(C(=O)C(NC(=O)C2CC2)C(C)O)CC12CCCC2. The predicted octanol–water partition coefficient (Wildman–Crippen LogP) is 1.69. The fourth-order valence-corrected chi connectivity index (χ4v) is 4.75. The van der Waals surface area contributed by atoms with Gasteiger partial charge in [-0.2, -0.15) is 0 Å². The lowest BCUT2D eigenvalue weighted by Gasteiger charge is -2.59. The van der Waals surface area contributed by atoms with Crippen LogP contribution in [0.3, 0.4) is 0 Å². The van der Waals surface area contributed by atoms with Gasteiger partial charge in [0.25, 0.3) is 0 Å². The van der Waals surface area contributed by atoms with Crippen molar-refractivity contribution >= 4 is 11.8 Å². The van der Waals surface area contributed by atoms with Crippen molar-refractivity contribution in [3.63, 3.8) is 0 Å². The van der Waals surface area contributed by atoms with E-state index < -0.39 is 12.1 Å². The fourth-order valence-electron chi connectivity index (χ4n) is 4.75. The minimum atomic E-state index is -0.863. The van der Waals surface area contributed by atoms with Gasteiger partial charge in [-0.1, -0.05) is 26.7 Å². The molecular formula is C18H30N2O3. The summed E-state index contributed by atoms with van der Waals surface area (Å²) in [6, 6.07) is -0.556. The second-order valence-electron chi connectivity index (χ2n) is 8.23. The van der Waals surface area contributed by atoms with Crippen molar-refractivity contribution in [2.45, 2.75) is 77.5 Å². The van der Waals surface area contributed by atoms with Crippen molar-refractivity contribution in [2.24, 2.45) is 17.3 Å². The second-order valence-corrected chi connectivity index (χ2v) is 8.23. The number of hydrogen-bond acceptors (Lipinski definition) is 3. The number of rotatable bonds is 5. The van der Waals surface area contributed by atoms with E-state index in [4.69, 9.17) is 0 Å². The number of hydrogen-bond donors (Lipinski definition) is 2. The Hall–Kier alpha value is -1.10. The van der Waals surface area contributed by atoms with Gasteiger partial charge in [0.15, 0.2) is 0 Å². The van der Waals surface area contributed by atoms with Gasteiger partial charge in [-0.25, -0.2) is 0 Å². The van der Waals surface area contributed by atoms with Crippen LogP contribution in [0.2, 0.25) is 0 Å². The Labute approximate surface area is 138 Å². The summed E-state index contributed by atoms with van der Waals surface area (Å²) in [4.78, 5) is 26.9. The summed E-state index contributed by atoms with van der Waals surface area (Å²) in [5, 5.41) is 12.8. The van der Waals surface area contributed by atoms with Gasteiger partial charge in [-0.3, -0.25) is 9.59 Å². The number of carbonyl (C=O) groups excluding carboxylic acids is 2. The van der Waals surface area contributed by atoms with Gasteiger partial charge in [0.2, 0.25) is 11.8 Å². The van der Waals surface area contributed by atoms with E-state index >= 15 is 0 Å². The van der Waals surface area contributed by atoms with Gasteiger partial charge in [0, 0.05) is 23.9 Å². The number of amides is 2. The molecular weight excluding hydrogens is 292 g/mol. The molecule has 1 spiro atoms. The van der Waals surface area contributed by atoms with Crippen LogP contribution in [0.5, 0.6) is 0 Å². The molecule has 2 saturated carbocycles. The summed E-state index contributed by atoms with van der Waals surface area (Å²) in [7, 11) is 0. The van der Waals surface area contributed by atoms with E-state index in [0.29, 0.717) is 5.92 Å². The maximum absolute atomic E-state index is 13.0. The van der Waals surface area contributed by atoms with Gasteiger partial charge < -0.3 is 15.3 Å². The molecule has 2 amide bonds. The van der Waals surface area contributed by atoms with E-state index in [-0.39, 0.29) is 29.2 Å². The van der Waals surface area contributed by atoms with Crippen molar-refractivity contribution < 1.29 is 14.7 Å². The van der Waals surface area contributed by atoms with Crippen molar-refractivity contribution in [1.29, 1.82) is 0 Å². The third-order valence-electron chi connectivity index (χ3n) is 5.96. The van der Waals surface area contributed by atoms with Crippen LogP contribution in [-0.4, -0.2) is 46.6 Å². The minimum Gasteiger partial charge on any atom is -0.391 e. The Balaban J connectivity index is 1.70. The molecule has 5 nitrogen and oxygen atoms in total. The Bertz CT molecular complexity index is 479. The summed E-state index contributed by atoms with van der Waals surface area (Å²) < 4.78 is 0. The molecule has 2 aliphatic carbocycles. The number of nitrogens with zero attached hydrogens (tertiary/aromatic N) is 1. The molecule has 3 aliphatic rings. The van der Waals surface area contributed by atoms with Gasteiger partial charge in [0.05, 0.1) is 6.10 Å². The first-order valence-electron chi connectivity index (χ1n) is 9.15. The van der Waals surface area contributed by atoms with Crippen molar-refractivity contribution in [1.82, 2.24) is 10.2 Å². The lowest BCUT2D eigenvalue weighted by Crippen LogP contribution is -2.70. The topological polar surface area (TPSA) is 69.6 Å². The smallest absolute Gasteiger partial charge is 0.248 e. The summed E-state index contributed by atoms with van der Waals surface area (Å²) in [5.41, 5.74) is 0.285. The Morgan fingerprint density at radius 1 is 1.17 bits per heavy atom. The van der Waals surface area contributed by atoms with Crippen LogP contribution in [0, 0.1) is 17.3 Å². The molecule has 0 bridgehead atoms. The van der Waals surface area contributed by atoms with E-state index in [1.54, 1.807) is 6.92 Å². The molecule has 3 fully saturated rings. The molecule has 2 N–H and O–H groups in total. The van der Waals surface area contributed by atoms with Gasteiger partial charge in [-0.15, -0.1) is 0 Å². The molecule has 3 unspecified atom stereocenters. The number of aliphatic hydroxyl groups is 1. The van der Waals surface area contributed by atoms with Gasteiger partial charge in [0.1, 0.15) is 6.04 Å². The molecule has 23 heavy (non-hydrogen) atoms. The zero-order valence-corrected chi connectivity index (χ0v) is 14.5. The molecule has 0 aromatic rings. The molecule has 0 aromatic heterocycles. The summed E-state index contributed by atoms with van der Waals surface area (Å²) in [6.45, 7) is 6.72. The number of carbonyl (C=O) groups is 2.